The van der Waals surface area contributed by atoms with Gasteiger partial charge in [-0.3, -0.25) is 0 Å². The Morgan fingerprint density at radius 1 is 0.477 bits per heavy atom. The molecule has 6 aliphatic rings. The number of hydrogen-bond acceptors (Lipinski definition) is 18. The van der Waals surface area contributed by atoms with E-state index >= 15 is 0 Å². The second kappa shape index (κ2) is 29.8. The van der Waals surface area contributed by atoms with Crippen LogP contribution in [0.3, 0.4) is 0 Å². The SMILES string of the molecule is C=CCOC(=O)OC1[C@@H](OCC2O[C@@H](O[C@@H]3C(CC)O[C@@H](O[C@@H]4C(CC)O[C@@H](O)C(C)[C@H]4C)C(C)[C@H]3C)C(OCc3ccccc3)[C@@H](O[C@@H]3OC(CC)[C@H](C)C(C)[C@@H]3OC(=O)OCC3c4ccccc4-c4ccccc43)[C@@H]2C)OC(CO)[C@@H](C)[C@@H]1C. The maximum absolute atomic E-state index is 14.3. The Kier molecular flexibility index (Phi) is 22.9. The Labute approximate surface area is 509 Å². The van der Waals surface area contributed by atoms with Crippen LogP contribution in [-0.4, -0.2) is 148 Å². The molecule has 0 bridgehead atoms. The minimum absolute atomic E-state index is 0.0102. The summed E-state index contributed by atoms with van der Waals surface area (Å²) >= 11 is 0. The van der Waals surface area contributed by atoms with Crippen molar-refractivity contribution in [2.24, 2.45) is 53.3 Å². The van der Waals surface area contributed by atoms with Gasteiger partial charge in [-0.25, -0.2) is 9.59 Å². The Morgan fingerprint density at radius 2 is 0.965 bits per heavy atom. The van der Waals surface area contributed by atoms with Crippen molar-refractivity contribution < 1.29 is 86.1 Å². The van der Waals surface area contributed by atoms with Crippen molar-refractivity contribution in [2.45, 2.75) is 213 Å². The molecule has 0 radical (unpaired) electrons. The molecule has 25 atom stereocenters. The summed E-state index contributed by atoms with van der Waals surface area (Å²) in [5, 5.41) is 21.3. The van der Waals surface area contributed by atoms with Crippen molar-refractivity contribution in [2.75, 3.05) is 26.4 Å². The van der Waals surface area contributed by atoms with E-state index in [2.05, 4.69) is 72.4 Å². The summed E-state index contributed by atoms with van der Waals surface area (Å²) in [6.45, 7) is 27.8. The maximum Gasteiger partial charge on any atom is 0.509 e. The smallest absolute Gasteiger partial charge is 0.433 e. The molecule has 5 fully saturated rings. The highest BCUT2D eigenvalue weighted by molar-refractivity contribution is 5.79. The third-order valence-corrected chi connectivity index (χ3v) is 20.0. The molecule has 2 N–H and O–H groups in total. The zero-order chi connectivity index (χ0) is 61.5. The van der Waals surface area contributed by atoms with E-state index in [0.717, 1.165) is 27.8 Å². The lowest BCUT2D eigenvalue weighted by atomic mass is 9.81. The van der Waals surface area contributed by atoms with Crippen LogP contribution in [0.1, 0.15) is 125 Å². The van der Waals surface area contributed by atoms with E-state index < -0.39 is 98.5 Å². The average Bonchev–Trinajstić information content (AvgIpc) is 1.49. The monoisotopic (exact) mass is 1200 g/mol. The lowest BCUT2D eigenvalue weighted by Crippen LogP contribution is -2.63. The van der Waals surface area contributed by atoms with Crippen molar-refractivity contribution in [1.29, 1.82) is 0 Å². The van der Waals surface area contributed by atoms with E-state index in [9.17, 15) is 19.8 Å². The second-order valence-electron chi connectivity index (χ2n) is 25.1. The number of rotatable bonds is 22. The summed E-state index contributed by atoms with van der Waals surface area (Å²) in [5.41, 5.74) is 5.28. The summed E-state index contributed by atoms with van der Waals surface area (Å²) in [7, 11) is 0. The first-order chi connectivity index (χ1) is 41.4. The van der Waals surface area contributed by atoms with Crippen LogP contribution in [0.25, 0.3) is 11.1 Å². The Bertz CT molecular complexity index is 2590. The van der Waals surface area contributed by atoms with Crippen LogP contribution in [0, 0.1) is 53.3 Å². The van der Waals surface area contributed by atoms with Gasteiger partial charge >= 0.3 is 12.3 Å². The fraction of sp³-hybridized carbons (Fsp3) is 0.676. The predicted octanol–water partition coefficient (Wildman–Crippen LogP) is 11.4. The van der Waals surface area contributed by atoms with E-state index in [-0.39, 0.29) is 105 Å². The summed E-state index contributed by atoms with van der Waals surface area (Å²) in [6, 6.07) is 26.2. The molecule has 10 unspecified atom stereocenters. The largest absolute Gasteiger partial charge is 0.509 e. The molecule has 5 aliphatic heterocycles. The van der Waals surface area contributed by atoms with E-state index in [4.69, 9.17) is 66.3 Å². The summed E-state index contributed by atoms with van der Waals surface area (Å²) < 4.78 is 92.8. The number of benzene rings is 3. The molecule has 3 aromatic carbocycles. The first-order valence-electron chi connectivity index (χ1n) is 31.7. The average molecular weight is 1200 g/mol. The lowest BCUT2D eigenvalue weighted by Gasteiger charge is -2.52. The highest BCUT2D eigenvalue weighted by Gasteiger charge is 2.55. The van der Waals surface area contributed by atoms with Gasteiger partial charge in [-0.1, -0.05) is 175 Å². The number of aliphatic hydroxyl groups excluding tert-OH is 2. The van der Waals surface area contributed by atoms with Gasteiger partial charge in [0, 0.05) is 35.5 Å². The van der Waals surface area contributed by atoms with Crippen molar-refractivity contribution in [3.05, 3.63) is 108 Å². The van der Waals surface area contributed by atoms with Gasteiger partial charge in [0.25, 0.3) is 0 Å². The number of ether oxygens (including phenoxy) is 14. The summed E-state index contributed by atoms with van der Waals surface area (Å²) in [6.07, 6.45) is -10.4. The molecule has 3 aromatic rings. The molecular formula is C68H96O18. The van der Waals surface area contributed by atoms with Gasteiger partial charge in [-0.2, -0.15) is 0 Å². The van der Waals surface area contributed by atoms with Crippen LogP contribution in [0.4, 0.5) is 9.59 Å². The van der Waals surface area contributed by atoms with Gasteiger partial charge in [-0.05, 0) is 70.8 Å². The number of hydrogen-bond donors (Lipinski definition) is 2. The molecule has 0 spiro atoms. The van der Waals surface area contributed by atoms with Crippen LogP contribution in [0.2, 0.25) is 0 Å². The fourth-order valence-corrected chi connectivity index (χ4v) is 13.7. The summed E-state index contributed by atoms with van der Waals surface area (Å²) in [4.78, 5) is 27.4. The molecule has 86 heavy (non-hydrogen) atoms. The molecule has 5 saturated heterocycles. The third-order valence-electron chi connectivity index (χ3n) is 20.0. The first kappa shape index (κ1) is 65.9. The van der Waals surface area contributed by atoms with Gasteiger partial charge in [0.2, 0.25) is 0 Å². The zero-order valence-electron chi connectivity index (χ0n) is 52.4. The van der Waals surface area contributed by atoms with Crippen molar-refractivity contribution in [3.63, 3.8) is 0 Å². The molecule has 1 aliphatic carbocycles. The van der Waals surface area contributed by atoms with E-state index in [1.807, 2.05) is 96.1 Å². The van der Waals surface area contributed by atoms with Gasteiger partial charge in [0.1, 0.15) is 19.3 Å². The lowest BCUT2D eigenvalue weighted by molar-refractivity contribution is -0.377. The third kappa shape index (κ3) is 14.4. The van der Waals surface area contributed by atoms with Crippen LogP contribution in [0.15, 0.2) is 91.5 Å². The quantitative estimate of drug-likeness (QED) is 0.0709. The van der Waals surface area contributed by atoms with Crippen LogP contribution < -0.4 is 0 Å². The fourth-order valence-electron chi connectivity index (χ4n) is 13.7. The highest BCUT2D eigenvalue weighted by atomic mass is 16.8. The molecule has 0 amide bonds. The summed E-state index contributed by atoms with van der Waals surface area (Å²) in [5.74, 6) is -2.09. The first-order valence-corrected chi connectivity index (χ1v) is 31.7. The zero-order valence-corrected chi connectivity index (χ0v) is 52.4. The van der Waals surface area contributed by atoms with Gasteiger partial charge in [0.05, 0.1) is 68.7 Å². The minimum atomic E-state index is -1.15. The van der Waals surface area contributed by atoms with Gasteiger partial charge in [0.15, 0.2) is 43.7 Å². The Balaban J connectivity index is 1.04. The Hall–Kier alpha value is -4.54. The predicted molar refractivity (Wildman–Crippen MR) is 318 cm³/mol. The molecule has 5 heterocycles. The number of fused-ring (bicyclic) bond motifs is 3. The normalized spacial score (nSPS) is 38.9. The molecule has 18 heteroatoms. The van der Waals surface area contributed by atoms with Gasteiger partial charge in [-0.15, -0.1) is 0 Å². The molecule has 476 valence electrons. The Morgan fingerprint density at radius 3 is 1.58 bits per heavy atom. The van der Waals surface area contributed by atoms with Crippen LogP contribution >= 0.6 is 0 Å². The van der Waals surface area contributed by atoms with Crippen LogP contribution in [0.5, 0.6) is 0 Å². The number of carbonyl (C=O) groups excluding carboxylic acids is 2. The van der Waals surface area contributed by atoms with Crippen LogP contribution in [-0.2, 0) is 72.9 Å². The topological polar surface area (TPSA) is 204 Å². The molecular weight excluding hydrogens is 1100 g/mol. The molecule has 0 saturated carbocycles. The van der Waals surface area contributed by atoms with E-state index in [1.54, 1.807) is 0 Å². The molecule has 0 aromatic heterocycles. The number of carbonyl (C=O) groups is 2. The second-order valence-corrected chi connectivity index (χ2v) is 25.1. The van der Waals surface area contributed by atoms with Crippen molar-refractivity contribution >= 4 is 12.3 Å². The highest BCUT2D eigenvalue weighted by Crippen LogP contribution is 2.47. The van der Waals surface area contributed by atoms with Gasteiger partial charge < -0.3 is 76.5 Å². The maximum atomic E-state index is 14.3. The minimum Gasteiger partial charge on any atom is -0.433 e. The number of aliphatic hydroxyl groups is 2. The van der Waals surface area contributed by atoms with Crippen molar-refractivity contribution in [1.82, 2.24) is 0 Å². The van der Waals surface area contributed by atoms with E-state index in [0.29, 0.717) is 19.3 Å². The molecule has 18 nitrogen and oxygen atoms in total. The molecule has 9 rings (SSSR count). The standard InChI is InChI=1S/C68H96O18/c1-14-31-73-67(71)85-59-39(8)37(6)54(32-69)80-64(59)75-35-55-44(13)58(84-65-60(38(7)36(5)51(15-2)78-65)86-68(72)76-34-50-48-29-23-21-27-46(48)47-28-22-24-30-49(47)50)61(74-33-45-25-19-18-20-26-45)66(81-55)83-57-41(10)43(12)63(79-53(57)17-4)82-56-40(9)42(11)62(70)77-52(56)16-3/h14,18-30,36-44,50-66,69-70H,1,15-17,31-35H2,2-13H3/t36-,37+,38?,39+,40-,41-,42?,43?,44-,51?,52?,53?,54?,55?,56+,57+,58+,59?,60+,61?,62-,63+,64+,65+,66+/m1/s1. The van der Waals surface area contributed by atoms with Crippen molar-refractivity contribution in [3.8, 4) is 11.1 Å². The van der Waals surface area contributed by atoms with E-state index in [1.165, 1.54) is 6.08 Å².